The first-order valence-corrected chi connectivity index (χ1v) is 30.2. The fourth-order valence-electron chi connectivity index (χ4n) is 7.51. The standard InChI is InChI=1S/C62H107N2O7P/c1-7-10-13-16-19-22-25-27-29-31-32-33-35-37-40-43-46-49-52-55-62(66)71-60(53-50-47-44-41-38-24-21-18-15-12-9-3)59(58-70-72(67,68)69-57-56-64(4,5)6)63-61(65)54-51-48-45-42-39-36-34-30-28-26-23-20-17-14-11-8-2/h11,14,19-20,22-23,27-30,32-33,36,39,45,48,50,53,59-60H,7-10,12-13,15-18,21,24-26,31,34-35,37-38,40-44,46-47,49,51-52,54-58H2,1-6H3,(H-,63,65,67,68)/b14-11+,22-19-,23-20+,29-27-,30-28+,33-32-,39-36+,48-45+,53-50+. The predicted molar refractivity (Wildman–Crippen MR) is 307 cm³/mol. The summed E-state index contributed by atoms with van der Waals surface area (Å²) in [5.74, 6) is -0.661. The number of phosphoric acid groups is 1. The normalized spacial score (nSPS) is 14.6. The number of hydrogen-bond donors (Lipinski definition) is 1. The molecule has 0 aromatic rings. The second-order valence-corrected chi connectivity index (χ2v) is 21.5. The number of ether oxygens (including phenoxy) is 1. The van der Waals surface area contributed by atoms with Crippen LogP contribution in [0.15, 0.2) is 109 Å². The van der Waals surface area contributed by atoms with E-state index < -0.39 is 26.6 Å². The fraction of sp³-hybridized carbons (Fsp3) is 0.677. The molecule has 1 amide bonds. The van der Waals surface area contributed by atoms with Crippen LogP contribution >= 0.6 is 7.82 Å². The molecule has 0 aromatic carbocycles. The molecule has 0 saturated heterocycles. The average molecular weight is 1020 g/mol. The van der Waals surface area contributed by atoms with Crippen LogP contribution < -0.4 is 10.2 Å². The van der Waals surface area contributed by atoms with Crippen molar-refractivity contribution in [3.63, 3.8) is 0 Å². The smallest absolute Gasteiger partial charge is 0.306 e. The third-order valence-electron chi connectivity index (χ3n) is 12.0. The summed E-state index contributed by atoms with van der Waals surface area (Å²) in [6.07, 6.45) is 69.3. The number of esters is 1. The highest BCUT2D eigenvalue weighted by molar-refractivity contribution is 7.45. The van der Waals surface area contributed by atoms with E-state index in [0.29, 0.717) is 23.9 Å². The summed E-state index contributed by atoms with van der Waals surface area (Å²) < 4.78 is 30.1. The van der Waals surface area contributed by atoms with E-state index in [-0.39, 0.29) is 31.3 Å². The van der Waals surface area contributed by atoms with Crippen molar-refractivity contribution < 1.29 is 37.3 Å². The molecule has 0 bridgehead atoms. The van der Waals surface area contributed by atoms with Gasteiger partial charge in [-0.25, -0.2) is 0 Å². The van der Waals surface area contributed by atoms with E-state index in [1.807, 2.05) is 39.4 Å². The minimum absolute atomic E-state index is 0.0434. The van der Waals surface area contributed by atoms with E-state index in [4.69, 9.17) is 13.8 Å². The van der Waals surface area contributed by atoms with Crippen molar-refractivity contribution in [2.75, 3.05) is 40.9 Å². The molecular weight excluding hydrogens is 916 g/mol. The molecule has 72 heavy (non-hydrogen) atoms. The van der Waals surface area contributed by atoms with Gasteiger partial charge in [0.15, 0.2) is 0 Å². The monoisotopic (exact) mass is 1020 g/mol. The van der Waals surface area contributed by atoms with Crippen LogP contribution in [0.4, 0.5) is 0 Å². The Hall–Kier alpha value is -3.33. The Balaban J connectivity index is 5.44. The fourth-order valence-corrected chi connectivity index (χ4v) is 8.24. The van der Waals surface area contributed by atoms with Gasteiger partial charge in [-0.3, -0.25) is 14.2 Å². The Morgan fingerprint density at radius 1 is 0.500 bits per heavy atom. The largest absolute Gasteiger partial charge is 0.756 e. The highest BCUT2D eigenvalue weighted by Crippen LogP contribution is 2.38. The Bertz CT molecular complexity index is 1600. The molecule has 3 unspecified atom stereocenters. The first-order chi connectivity index (χ1) is 34.9. The van der Waals surface area contributed by atoms with Crippen LogP contribution in [0.1, 0.15) is 220 Å². The molecule has 0 fully saturated rings. The lowest BCUT2D eigenvalue weighted by atomic mass is 10.1. The molecule has 412 valence electrons. The van der Waals surface area contributed by atoms with E-state index in [1.165, 1.54) is 70.6 Å². The number of phosphoric ester groups is 1. The molecule has 0 rings (SSSR count). The van der Waals surface area contributed by atoms with Gasteiger partial charge >= 0.3 is 5.97 Å². The molecule has 0 aliphatic carbocycles. The second-order valence-electron chi connectivity index (χ2n) is 20.1. The van der Waals surface area contributed by atoms with Crippen LogP contribution in [0.3, 0.4) is 0 Å². The van der Waals surface area contributed by atoms with Gasteiger partial charge in [0.25, 0.3) is 7.82 Å². The molecule has 0 aromatic heterocycles. The van der Waals surface area contributed by atoms with Crippen LogP contribution in [-0.2, 0) is 27.9 Å². The summed E-state index contributed by atoms with van der Waals surface area (Å²) >= 11 is 0. The molecule has 0 aliphatic rings. The van der Waals surface area contributed by atoms with Crippen LogP contribution in [0.2, 0.25) is 0 Å². The molecule has 0 spiro atoms. The van der Waals surface area contributed by atoms with E-state index >= 15 is 0 Å². The Kier molecular flexibility index (Phi) is 48.8. The average Bonchev–Trinajstić information content (AvgIpc) is 3.34. The predicted octanol–water partition coefficient (Wildman–Crippen LogP) is 16.7. The van der Waals surface area contributed by atoms with Gasteiger partial charge in [0.2, 0.25) is 5.91 Å². The first-order valence-electron chi connectivity index (χ1n) is 28.7. The highest BCUT2D eigenvalue weighted by atomic mass is 31.2. The quantitative estimate of drug-likeness (QED) is 0.0212. The van der Waals surface area contributed by atoms with Crippen molar-refractivity contribution in [1.82, 2.24) is 5.32 Å². The lowest BCUT2D eigenvalue weighted by Crippen LogP contribution is -2.47. The second kappa shape index (κ2) is 51.2. The topological polar surface area (TPSA) is 114 Å². The summed E-state index contributed by atoms with van der Waals surface area (Å²) in [5, 5.41) is 2.96. The number of nitrogens with one attached hydrogen (secondary N) is 1. The Labute approximate surface area is 442 Å². The number of carbonyl (C=O) groups excluding carboxylic acids is 2. The Morgan fingerprint density at radius 2 is 0.903 bits per heavy atom. The number of nitrogens with zero attached hydrogens (tertiary/aromatic N) is 1. The molecule has 3 atom stereocenters. The number of likely N-dealkylation sites (N-methyl/N-ethyl adjacent to an activating group) is 1. The lowest BCUT2D eigenvalue weighted by molar-refractivity contribution is -0.870. The zero-order chi connectivity index (χ0) is 52.9. The number of carbonyl (C=O) groups is 2. The third-order valence-corrected chi connectivity index (χ3v) is 12.9. The molecule has 10 heteroatoms. The van der Waals surface area contributed by atoms with Crippen molar-refractivity contribution in [2.45, 2.75) is 232 Å². The van der Waals surface area contributed by atoms with Crippen LogP contribution in [0.25, 0.3) is 0 Å². The molecule has 0 aliphatic heterocycles. The van der Waals surface area contributed by atoms with Gasteiger partial charge in [0.1, 0.15) is 19.3 Å². The zero-order valence-electron chi connectivity index (χ0n) is 46.8. The summed E-state index contributed by atoms with van der Waals surface area (Å²) in [6.45, 7) is 6.60. The van der Waals surface area contributed by atoms with E-state index in [9.17, 15) is 19.0 Å². The summed E-state index contributed by atoms with van der Waals surface area (Å²) in [6, 6.07) is -0.939. The molecule has 1 N–H and O–H groups in total. The summed E-state index contributed by atoms with van der Waals surface area (Å²) in [4.78, 5) is 39.8. The number of allylic oxidation sites excluding steroid dienone is 17. The van der Waals surface area contributed by atoms with Gasteiger partial charge in [-0.05, 0) is 102 Å². The van der Waals surface area contributed by atoms with Gasteiger partial charge in [0, 0.05) is 12.8 Å². The van der Waals surface area contributed by atoms with Crippen LogP contribution in [0, 0.1) is 0 Å². The van der Waals surface area contributed by atoms with Crippen LogP contribution in [-0.4, -0.2) is 69.4 Å². The minimum atomic E-state index is -4.72. The van der Waals surface area contributed by atoms with Gasteiger partial charge in [-0.15, -0.1) is 0 Å². The third kappa shape index (κ3) is 51.6. The van der Waals surface area contributed by atoms with Crippen molar-refractivity contribution >= 4 is 19.7 Å². The van der Waals surface area contributed by atoms with E-state index in [0.717, 1.165) is 103 Å². The van der Waals surface area contributed by atoms with Crippen LogP contribution in [0.5, 0.6) is 0 Å². The maximum absolute atomic E-state index is 13.4. The molecule has 9 nitrogen and oxygen atoms in total. The van der Waals surface area contributed by atoms with Crippen molar-refractivity contribution in [3.8, 4) is 0 Å². The maximum atomic E-state index is 13.4. The van der Waals surface area contributed by atoms with Crippen molar-refractivity contribution in [1.29, 1.82) is 0 Å². The van der Waals surface area contributed by atoms with E-state index in [1.54, 1.807) is 6.08 Å². The molecular formula is C62H107N2O7P. The molecule has 0 saturated carbocycles. The minimum Gasteiger partial charge on any atom is -0.756 e. The SMILES string of the molecule is CC/C=C/C/C=C/C/C=C/C/C=C/C/C=C/CCC(=O)NC(COP(=O)([O-])OCC[N+](C)(C)C)C(/C=C/CCCCCCCCCCC)OC(=O)CCCCCCCC/C=C\C/C=C\C/C=C\CCCCC. The van der Waals surface area contributed by atoms with Gasteiger partial charge in [-0.1, -0.05) is 214 Å². The maximum Gasteiger partial charge on any atom is 0.306 e. The number of rotatable bonds is 50. The lowest BCUT2D eigenvalue weighted by Gasteiger charge is -2.30. The number of unbranched alkanes of at least 4 members (excludes halogenated alkanes) is 18. The number of amides is 1. The van der Waals surface area contributed by atoms with Crippen molar-refractivity contribution in [2.24, 2.45) is 0 Å². The van der Waals surface area contributed by atoms with E-state index in [2.05, 4.69) is 111 Å². The number of quaternary nitrogens is 1. The zero-order valence-corrected chi connectivity index (χ0v) is 47.7. The van der Waals surface area contributed by atoms with Gasteiger partial charge < -0.3 is 28.5 Å². The molecule has 0 heterocycles. The van der Waals surface area contributed by atoms with Gasteiger partial charge in [-0.2, -0.15) is 0 Å². The first kappa shape index (κ1) is 68.7. The molecule has 0 radical (unpaired) electrons. The summed E-state index contributed by atoms with van der Waals surface area (Å²) in [7, 11) is 1.11. The summed E-state index contributed by atoms with van der Waals surface area (Å²) in [5.41, 5.74) is 0. The highest BCUT2D eigenvalue weighted by Gasteiger charge is 2.27. The Morgan fingerprint density at radius 3 is 1.39 bits per heavy atom. The number of hydrogen-bond acceptors (Lipinski definition) is 7. The van der Waals surface area contributed by atoms with Crippen molar-refractivity contribution in [3.05, 3.63) is 109 Å². The van der Waals surface area contributed by atoms with Gasteiger partial charge in [0.05, 0.1) is 33.8 Å².